The van der Waals surface area contributed by atoms with E-state index in [9.17, 15) is 18.0 Å². The molecular weight excluding hydrogens is 283 g/mol. The van der Waals surface area contributed by atoms with E-state index in [4.69, 9.17) is 0 Å². The van der Waals surface area contributed by atoms with E-state index in [1.54, 1.807) is 0 Å². The third kappa shape index (κ3) is 3.77. The van der Waals surface area contributed by atoms with Gasteiger partial charge < -0.3 is 5.32 Å². The zero-order valence-corrected chi connectivity index (χ0v) is 12.4. The molecule has 118 valence electrons. The normalized spacial score (nSPS) is 16.7. The Morgan fingerprint density at radius 1 is 1.38 bits per heavy atom. The van der Waals surface area contributed by atoms with Crippen LogP contribution in [0.3, 0.4) is 0 Å². The minimum absolute atomic E-state index is 0.120. The summed E-state index contributed by atoms with van der Waals surface area (Å²) in [4.78, 5) is 11.1. The average molecular weight is 303 g/mol. The molecule has 1 aliphatic rings. The molecule has 0 spiro atoms. The van der Waals surface area contributed by atoms with Gasteiger partial charge in [0.25, 0.3) is 0 Å². The topological polar surface area (TPSA) is 46.9 Å². The molecular formula is C14H20F3N3O. The van der Waals surface area contributed by atoms with Crippen molar-refractivity contribution in [3.63, 3.8) is 0 Å². The molecule has 0 aromatic carbocycles. The van der Waals surface area contributed by atoms with Gasteiger partial charge in [0, 0.05) is 18.0 Å². The summed E-state index contributed by atoms with van der Waals surface area (Å²) in [6, 6.07) is 1.53. The van der Waals surface area contributed by atoms with Crippen molar-refractivity contribution in [2.24, 2.45) is 5.92 Å². The number of rotatable bonds is 3. The summed E-state index contributed by atoms with van der Waals surface area (Å²) < 4.78 is 38.7. The number of hydrogen-bond donors (Lipinski definition) is 1. The number of nitrogens with zero attached hydrogens (tertiary/aromatic N) is 2. The zero-order chi connectivity index (χ0) is 15.8. The maximum absolute atomic E-state index is 12.4. The highest BCUT2D eigenvalue weighted by Gasteiger charge is 2.39. The molecule has 1 heterocycles. The average Bonchev–Trinajstić information content (AvgIpc) is 2.65. The number of carbonyl (C=O) groups is 1. The first kappa shape index (κ1) is 15.9. The fraction of sp³-hybridized carbons (Fsp3) is 0.714. The Morgan fingerprint density at radius 2 is 2.00 bits per heavy atom. The molecule has 1 saturated carbocycles. The Balaban J connectivity index is 2.24. The van der Waals surface area contributed by atoms with Crippen LogP contribution in [0.25, 0.3) is 0 Å². The van der Waals surface area contributed by atoms with Gasteiger partial charge in [0.1, 0.15) is 5.82 Å². The van der Waals surface area contributed by atoms with E-state index >= 15 is 0 Å². The Labute approximate surface area is 121 Å². The minimum Gasteiger partial charge on any atom is -0.303 e. The molecule has 7 heteroatoms. The number of hydrogen-bond acceptors (Lipinski definition) is 2. The van der Waals surface area contributed by atoms with Crippen LogP contribution in [0.2, 0.25) is 0 Å². The van der Waals surface area contributed by atoms with Crippen molar-refractivity contribution in [1.29, 1.82) is 0 Å². The van der Waals surface area contributed by atoms with Crippen LogP contribution in [0, 0.1) is 5.92 Å². The number of alkyl halides is 3. The number of halogens is 3. The van der Waals surface area contributed by atoms with Gasteiger partial charge in [-0.25, -0.2) is 4.68 Å². The van der Waals surface area contributed by atoms with E-state index < -0.39 is 12.1 Å². The molecule has 1 aromatic heterocycles. The third-order valence-corrected chi connectivity index (χ3v) is 3.70. The van der Waals surface area contributed by atoms with E-state index in [2.05, 4.69) is 5.10 Å². The summed E-state index contributed by atoms with van der Waals surface area (Å²) in [5, 5.41) is 6.31. The van der Waals surface area contributed by atoms with Crippen LogP contribution >= 0.6 is 0 Å². The van der Waals surface area contributed by atoms with Gasteiger partial charge in [-0.1, -0.05) is 27.2 Å². The van der Waals surface area contributed by atoms with E-state index in [1.807, 2.05) is 26.1 Å². The molecule has 0 saturated heterocycles. The van der Waals surface area contributed by atoms with Gasteiger partial charge in [-0.15, -0.1) is 0 Å². The van der Waals surface area contributed by atoms with Gasteiger partial charge >= 0.3 is 12.1 Å². The zero-order valence-electron chi connectivity index (χ0n) is 12.4. The van der Waals surface area contributed by atoms with Crippen molar-refractivity contribution in [3.8, 4) is 0 Å². The van der Waals surface area contributed by atoms with Crippen molar-refractivity contribution in [3.05, 3.63) is 11.8 Å². The highest BCUT2D eigenvalue weighted by atomic mass is 19.4. The maximum Gasteiger partial charge on any atom is 0.471 e. The molecule has 2 rings (SSSR count). The molecule has 0 aliphatic heterocycles. The molecule has 0 atom stereocenters. The monoisotopic (exact) mass is 303 g/mol. The second-order valence-corrected chi connectivity index (χ2v) is 6.60. The Bertz CT molecular complexity index is 525. The van der Waals surface area contributed by atoms with Crippen molar-refractivity contribution in [2.45, 2.75) is 58.2 Å². The smallest absolute Gasteiger partial charge is 0.303 e. The van der Waals surface area contributed by atoms with Crippen LogP contribution in [0.5, 0.6) is 0 Å². The van der Waals surface area contributed by atoms with Crippen molar-refractivity contribution in [2.75, 3.05) is 5.32 Å². The largest absolute Gasteiger partial charge is 0.471 e. The lowest BCUT2D eigenvalue weighted by Gasteiger charge is -2.26. The lowest BCUT2D eigenvalue weighted by Crippen LogP contribution is -2.31. The molecule has 0 unspecified atom stereocenters. The molecule has 4 nitrogen and oxygen atoms in total. The van der Waals surface area contributed by atoms with Gasteiger partial charge in [0.05, 0.1) is 5.69 Å². The van der Waals surface area contributed by atoms with E-state index in [0.717, 1.165) is 19.3 Å². The molecule has 1 fully saturated rings. The van der Waals surface area contributed by atoms with Crippen LogP contribution in [0.15, 0.2) is 6.07 Å². The van der Waals surface area contributed by atoms with Gasteiger partial charge in [-0.2, -0.15) is 18.3 Å². The number of aromatic nitrogens is 2. The molecule has 21 heavy (non-hydrogen) atoms. The first-order chi connectivity index (χ1) is 9.57. The molecule has 1 amide bonds. The standard InChI is InChI=1S/C14H20F3N3O/c1-13(2,3)10-7-11(18-12(21)14(15,16)17)20(19-10)8-9-5-4-6-9/h7,9H,4-6,8H2,1-3H3,(H,18,21). The predicted octanol–water partition coefficient (Wildman–Crippen LogP) is 3.48. The predicted molar refractivity (Wildman–Crippen MR) is 73.0 cm³/mol. The van der Waals surface area contributed by atoms with Crippen molar-refractivity contribution < 1.29 is 18.0 Å². The third-order valence-electron chi connectivity index (χ3n) is 3.70. The molecule has 1 N–H and O–H groups in total. The summed E-state index contributed by atoms with van der Waals surface area (Å²) >= 11 is 0. The second kappa shape index (κ2) is 5.35. The van der Waals surface area contributed by atoms with Gasteiger partial charge in [0.15, 0.2) is 0 Å². The number of anilines is 1. The minimum atomic E-state index is -4.90. The molecule has 1 aliphatic carbocycles. The Hall–Kier alpha value is -1.53. The summed E-state index contributed by atoms with van der Waals surface area (Å²) in [5.74, 6) is -1.41. The van der Waals surface area contributed by atoms with Crippen LogP contribution in [0.4, 0.5) is 19.0 Å². The van der Waals surface area contributed by atoms with E-state index in [0.29, 0.717) is 18.2 Å². The SMILES string of the molecule is CC(C)(C)c1cc(NC(=O)C(F)(F)F)n(CC2CCC2)n1. The Morgan fingerprint density at radius 3 is 2.43 bits per heavy atom. The number of nitrogens with one attached hydrogen (secondary N) is 1. The van der Waals surface area contributed by atoms with Gasteiger partial charge in [-0.3, -0.25) is 4.79 Å². The second-order valence-electron chi connectivity index (χ2n) is 6.60. The number of amides is 1. The van der Waals surface area contributed by atoms with E-state index in [1.165, 1.54) is 10.7 Å². The van der Waals surface area contributed by atoms with E-state index in [-0.39, 0.29) is 11.2 Å². The molecule has 0 radical (unpaired) electrons. The number of carbonyl (C=O) groups excluding carboxylic acids is 1. The first-order valence-electron chi connectivity index (χ1n) is 7.04. The van der Waals surface area contributed by atoms with Crippen molar-refractivity contribution >= 4 is 11.7 Å². The lowest BCUT2D eigenvalue weighted by molar-refractivity contribution is -0.167. The van der Waals surface area contributed by atoms with Gasteiger partial charge in [0.2, 0.25) is 0 Å². The Kier molecular flexibility index (Phi) is 4.04. The fourth-order valence-electron chi connectivity index (χ4n) is 2.13. The van der Waals surface area contributed by atoms with Crippen molar-refractivity contribution in [1.82, 2.24) is 9.78 Å². The van der Waals surface area contributed by atoms with Crippen LogP contribution in [0.1, 0.15) is 45.7 Å². The molecule has 1 aromatic rings. The molecule has 0 bridgehead atoms. The highest BCUT2D eigenvalue weighted by molar-refractivity contribution is 5.94. The quantitative estimate of drug-likeness (QED) is 0.929. The summed E-state index contributed by atoms with van der Waals surface area (Å²) in [6.45, 7) is 6.33. The lowest BCUT2D eigenvalue weighted by atomic mass is 9.85. The van der Waals surface area contributed by atoms with Crippen LogP contribution in [-0.2, 0) is 16.8 Å². The summed E-state index contributed by atoms with van der Waals surface area (Å²) in [7, 11) is 0. The van der Waals surface area contributed by atoms with Gasteiger partial charge in [-0.05, 0) is 18.8 Å². The van der Waals surface area contributed by atoms with Crippen LogP contribution < -0.4 is 5.32 Å². The first-order valence-corrected chi connectivity index (χ1v) is 7.04. The van der Waals surface area contributed by atoms with Crippen LogP contribution in [-0.4, -0.2) is 21.9 Å². The highest BCUT2D eigenvalue weighted by Crippen LogP contribution is 2.31. The summed E-state index contributed by atoms with van der Waals surface area (Å²) in [5.41, 5.74) is 0.377. The maximum atomic E-state index is 12.4. The fourth-order valence-corrected chi connectivity index (χ4v) is 2.13. The summed E-state index contributed by atoms with van der Waals surface area (Å²) in [6.07, 6.45) is -1.65.